The van der Waals surface area contributed by atoms with E-state index in [-0.39, 0.29) is 16.8 Å². The van der Waals surface area contributed by atoms with Gasteiger partial charge in [-0.25, -0.2) is 0 Å². The van der Waals surface area contributed by atoms with Crippen LogP contribution in [0.15, 0.2) is 0 Å². The van der Waals surface area contributed by atoms with E-state index >= 15 is 0 Å². The van der Waals surface area contributed by atoms with Crippen LogP contribution in [-0.4, -0.2) is 24.1 Å². The van der Waals surface area contributed by atoms with Gasteiger partial charge < -0.3 is 5.32 Å². The van der Waals surface area contributed by atoms with Crippen LogP contribution >= 0.6 is 11.6 Å². The van der Waals surface area contributed by atoms with Crippen LogP contribution in [0.3, 0.4) is 0 Å². The first-order valence-corrected chi connectivity index (χ1v) is 4.61. The Labute approximate surface area is 80.6 Å². The van der Waals surface area contributed by atoms with Crippen molar-refractivity contribution in [3.63, 3.8) is 0 Å². The summed E-state index contributed by atoms with van der Waals surface area (Å²) in [7, 11) is 0. The maximum Gasteiger partial charge on any atom is 0.401 e. The van der Waals surface area contributed by atoms with Gasteiger partial charge >= 0.3 is 6.18 Å². The van der Waals surface area contributed by atoms with Crippen LogP contribution < -0.4 is 5.32 Å². The molecule has 0 amide bonds. The molecule has 0 bridgehead atoms. The third-order valence-electron chi connectivity index (χ3n) is 2.70. The van der Waals surface area contributed by atoms with Gasteiger partial charge in [0.2, 0.25) is 0 Å². The monoisotopic (exact) mass is 215 g/mol. The quantitative estimate of drug-likeness (QED) is 0.698. The zero-order valence-electron chi connectivity index (χ0n) is 7.58. The van der Waals surface area contributed by atoms with Gasteiger partial charge in [-0.2, -0.15) is 13.2 Å². The van der Waals surface area contributed by atoms with Crippen molar-refractivity contribution in [1.29, 1.82) is 0 Å². The smallest absolute Gasteiger partial charge is 0.305 e. The van der Waals surface area contributed by atoms with Crippen molar-refractivity contribution in [3.05, 3.63) is 0 Å². The lowest BCUT2D eigenvalue weighted by molar-refractivity contribution is -0.130. The van der Waals surface area contributed by atoms with Gasteiger partial charge in [0.1, 0.15) is 0 Å². The van der Waals surface area contributed by atoms with E-state index in [1.165, 1.54) is 0 Å². The molecule has 1 rings (SSSR count). The molecule has 0 heterocycles. The number of hydrogen-bond donors (Lipinski definition) is 1. The van der Waals surface area contributed by atoms with E-state index in [0.29, 0.717) is 6.42 Å². The summed E-state index contributed by atoms with van der Waals surface area (Å²) in [6.45, 7) is 2.83. The zero-order valence-corrected chi connectivity index (χ0v) is 8.34. The molecule has 1 saturated carbocycles. The molecule has 1 N–H and O–H groups in total. The molecule has 0 aromatic carbocycles. The summed E-state index contributed by atoms with van der Waals surface area (Å²) in [6.07, 6.45) is -3.52. The molecule has 0 radical (unpaired) electrons. The van der Waals surface area contributed by atoms with E-state index in [9.17, 15) is 13.2 Å². The Hall–Kier alpha value is 0.0400. The van der Waals surface area contributed by atoms with Crippen molar-refractivity contribution in [2.24, 2.45) is 5.41 Å². The lowest BCUT2D eigenvalue weighted by atomic mass is 9.67. The lowest BCUT2D eigenvalue weighted by Crippen LogP contribution is -2.59. The number of halogens is 4. The average Bonchev–Trinajstić information content (AvgIpc) is 1.95. The molecule has 1 nitrogen and oxygen atoms in total. The van der Waals surface area contributed by atoms with Gasteiger partial charge in [-0.05, 0) is 11.8 Å². The molecule has 2 atom stereocenters. The van der Waals surface area contributed by atoms with E-state index < -0.39 is 12.7 Å². The second-order valence-corrected chi connectivity index (χ2v) is 4.60. The van der Waals surface area contributed by atoms with E-state index in [4.69, 9.17) is 11.6 Å². The third-order valence-corrected chi connectivity index (χ3v) is 3.44. The van der Waals surface area contributed by atoms with Gasteiger partial charge in [0.05, 0.1) is 6.54 Å². The second kappa shape index (κ2) is 3.31. The summed E-state index contributed by atoms with van der Waals surface area (Å²) in [5.41, 5.74) is -0.229. The summed E-state index contributed by atoms with van der Waals surface area (Å²) in [4.78, 5) is 0. The topological polar surface area (TPSA) is 12.0 Å². The highest BCUT2D eigenvalue weighted by atomic mass is 35.5. The van der Waals surface area contributed by atoms with Crippen LogP contribution in [-0.2, 0) is 0 Å². The molecular formula is C8H13ClF3N. The number of hydrogen-bond acceptors (Lipinski definition) is 1. The fourth-order valence-corrected chi connectivity index (χ4v) is 1.79. The molecule has 78 valence electrons. The molecule has 1 aliphatic rings. The Morgan fingerprint density at radius 2 is 2.00 bits per heavy atom. The Balaban J connectivity index is 2.33. The van der Waals surface area contributed by atoms with E-state index in [0.717, 1.165) is 0 Å². The maximum atomic E-state index is 11.8. The Morgan fingerprint density at radius 1 is 1.46 bits per heavy atom. The minimum absolute atomic E-state index is 0.0155. The van der Waals surface area contributed by atoms with Gasteiger partial charge in [-0.1, -0.05) is 13.8 Å². The number of rotatable bonds is 2. The highest BCUT2D eigenvalue weighted by Crippen LogP contribution is 2.44. The minimum atomic E-state index is -4.13. The molecule has 2 unspecified atom stereocenters. The summed E-state index contributed by atoms with van der Waals surface area (Å²) < 4.78 is 35.5. The first-order valence-electron chi connectivity index (χ1n) is 4.17. The normalized spacial score (nSPS) is 32.8. The van der Waals surface area contributed by atoms with Crippen molar-refractivity contribution in [1.82, 2.24) is 5.32 Å². The largest absolute Gasteiger partial charge is 0.401 e. The van der Waals surface area contributed by atoms with Crippen LogP contribution in [0.4, 0.5) is 13.2 Å². The fourth-order valence-electron chi connectivity index (χ4n) is 1.46. The molecule has 1 fully saturated rings. The summed E-state index contributed by atoms with van der Waals surface area (Å²) in [5.74, 6) is 0. The Morgan fingerprint density at radius 3 is 2.31 bits per heavy atom. The van der Waals surface area contributed by atoms with Crippen molar-refractivity contribution in [2.45, 2.75) is 37.9 Å². The standard InChI is InChI=1S/C8H13ClF3N/c1-7(2)5(9)3-6(7)13-4-8(10,11)12/h5-6,13H,3-4H2,1-2H3. The number of alkyl halides is 4. The van der Waals surface area contributed by atoms with Crippen molar-refractivity contribution in [3.8, 4) is 0 Å². The lowest BCUT2D eigenvalue weighted by Gasteiger charge is -2.49. The van der Waals surface area contributed by atoms with Crippen molar-refractivity contribution >= 4 is 11.6 Å². The molecule has 0 spiro atoms. The van der Waals surface area contributed by atoms with E-state index in [1.54, 1.807) is 0 Å². The third kappa shape index (κ3) is 2.50. The SMILES string of the molecule is CC1(C)C(Cl)CC1NCC(F)(F)F. The van der Waals surface area contributed by atoms with Crippen LogP contribution in [0, 0.1) is 5.41 Å². The highest BCUT2D eigenvalue weighted by molar-refractivity contribution is 6.21. The molecule has 0 aliphatic heterocycles. The fraction of sp³-hybridized carbons (Fsp3) is 1.00. The van der Waals surface area contributed by atoms with Crippen LogP contribution in [0.25, 0.3) is 0 Å². The molecular weight excluding hydrogens is 203 g/mol. The average molecular weight is 216 g/mol. The molecule has 13 heavy (non-hydrogen) atoms. The first kappa shape index (κ1) is 11.1. The Bertz CT molecular complexity index is 190. The summed E-state index contributed by atoms with van der Waals surface area (Å²) in [6, 6.07) is -0.114. The van der Waals surface area contributed by atoms with Crippen molar-refractivity contribution in [2.75, 3.05) is 6.54 Å². The predicted octanol–water partition coefficient (Wildman–Crippen LogP) is 2.54. The van der Waals surface area contributed by atoms with Crippen LogP contribution in [0.1, 0.15) is 20.3 Å². The van der Waals surface area contributed by atoms with Gasteiger partial charge in [0.15, 0.2) is 0 Å². The molecule has 5 heteroatoms. The molecule has 0 aromatic heterocycles. The van der Waals surface area contributed by atoms with Crippen LogP contribution in [0.2, 0.25) is 0 Å². The maximum absolute atomic E-state index is 11.8. The van der Waals surface area contributed by atoms with Crippen molar-refractivity contribution < 1.29 is 13.2 Å². The second-order valence-electron chi connectivity index (χ2n) is 4.07. The predicted molar refractivity (Wildman–Crippen MR) is 45.9 cm³/mol. The minimum Gasteiger partial charge on any atom is -0.305 e. The summed E-state index contributed by atoms with van der Waals surface area (Å²) in [5, 5.41) is 2.45. The highest BCUT2D eigenvalue weighted by Gasteiger charge is 2.47. The molecule has 1 aliphatic carbocycles. The van der Waals surface area contributed by atoms with Gasteiger partial charge in [0, 0.05) is 11.4 Å². The zero-order chi connectivity index (χ0) is 10.3. The van der Waals surface area contributed by atoms with E-state index in [2.05, 4.69) is 5.32 Å². The van der Waals surface area contributed by atoms with Gasteiger partial charge in [-0.15, -0.1) is 11.6 Å². The van der Waals surface area contributed by atoms with E-state index in [1.807, 2.05) is 13.8 Å². The van der Waals surface area contributed by atoms with Crippen LogP contribution in [0.5, 0.6) is 0 Å². The number of nitrogens with one attached hydrogen (secondary N) is 1. The summed E-state index contributed by atoms with van der Waals surface area (Å²) >= 11 is 5.86. The van der Waals surface area contributed by atoms with Gasteiger partial charge in [-0.3, -0.25) is 0 Å². The molecule has 0 saturated heterocycles. The molecule has 0 aromatic rings. The van der Waals surface area contributed by atoms with Gasteiger partial charge in [0.25, 0.3) is 0 Å². The first-order chi connectivity index (χ1) is 5.73. The Kier molecular flexibility index (Phi) is 2.83.